The van der Waals surface area contributed by atoms with Crippen molar-refractivity contribution in [3.63, 3.8) is 0 Å². The van der Waals surface area contributed by atoms with Gasteiger partial charge < -0.3 is 10.2 Å². The molecule has 0 saturated heterocycles. The van der Waals surface area contributed by atoms with Crippen molar-refractivity contribution >= 4 is 0 Å². The van der Waals surface area contributed by atoms with Crippen LogP contribution in [-0.4, -0.2) is 30.5 Å². The Balaban J connectivity index is 1.86. The van der Waals surface area contributed by atoms with Crippen LogP contribution < -0.4 is 5.32 Å². The molecule has 3 nitrogen and oxygen atoms in total. The summed E-state index contributed by atoms with van der Waals surface area (Å²) in [7, 11) is 4.18. The molecule has 0 saturated carbocycles. The molecule has 1 N–H and O–H groups in total. The number of aromatic nitrogens is 1. The van der Waals surface area contributed by atoms with Gasteiger partial charge in [0.15, 0.2) is 0 Å². The summed E-state index contributed by atoms with van der Waals surface area (Å²) in [4.78, 5) is 6.70. The van der Waals surface area contributed by atoms with E-state index in [-0.39, 0.29) is 0 Å². The Labute approximate surface area is 128 Å². The molecule has 21 heavy (non-hydrogen) atoms. The van der Waals surface area contributed by atoms with Crippen molar-refractivity contribution in [3.8, 4) is 0 Å². The largest absolute Gasteiger partial charge is 0.313 e. The maximum Gasteiger partial charge on any atom is 0.0543 e. The minimum atomic E-state index is 0.400. The van der Waals surface area contributed by atoms with Crippen molar-refractivity contribution < 1.29 is 0 Å². The maximum absolute atomic E-state index is 4.38. The number of hydrogen-bond acceptors (Lipinski definition) is 3. The zero-order valence-corrected chi connectivity index (χ0v) is 13.2. The molecule has 0 fully saturated rings. The first-order valence-corrected chi connectivity index (χ1v) is 7.51. The minimum absolute atomic E-state index is 0.400. The summed E-state index contributed by atoms with van der Waals surface area (Å²) in [6, 6.07) is 15.3. The number of benzene rings is 1. The first-order chi connectivity index (χ1) is 10.2. The Hall–Kier alpha value is -1.71. The molecule has 1 aromatic heterocycles. The van der Waals surface area contributed by atoms with E-state index in [1.807, 2.05) is 25.4 Å². The minimum Gasteiger partial charge on any atom is -0.313 e. The Morgan fingerprint density at radius 2 is 1.90 bits per heavy atom. The smallest absolute Gasteiger partial charge is 0.0543 e. The molecular formula is C18H25N3. The average Bonchev–Trinajstić information content (AvgIpc) is 2.50. The van der Waals surface area contributed by atoms with Gasteiger partial charge in [-0.3, -0.25) is 4.98 Å². The highest BCUT2D eigenvalue weighted by atomic mass is 15.1. The quantitative estimate of drug-likeness (QED) is 0.846. The highest BCUT2D eigenvalue weighted by Gasteiger charge is 2.10. The molecule has 2 aromatic rings. The fourth-order valence-electron chi connectivity index (χ4n) is 2.47. The first-order valence-electron chi connectivity index (χ1n) is 7.51. The van der Waals surface area contributed by atoms with Gasteiger partial charge in [0.25, 0.3) is 0 Å². The van der Waals surface area contributed by atoms with Crippen molar-refractivity contribution in [1.29, 1.82) is 0 Å². The van der Waals surface area contributed by atoms with Gasteiger partial charge in [0, 0.05) is 25.3 Å². The van der Waals surface area contributed by atoms with E-state index in [9.17, 15) is 0 Å². The van der Waals surface area contributed by atoms with Gasteiger partial charge in [-0.15, -0.1) is 0 Å². The van der Waals surface area contributed by atoms with Crippen LogP contribution in [0.3, 0.4) is 0 Å². The van der Waals surface area contributed by atoms with Gasteiger partial charge in [-0.2, -0.15) is 0 Å². The van der Waals surface area contributed by atoms with Crippen molar-refractivity contribution in [2.45, 2.75) is 25.9 Å². The summed E-state index contributed by atoms with van der Waals surface area (Å²) >= 11 is 0. The van der Waals surface area contributed by atoms with Crippen LogP contribution in [0.5, 0.6) is 0 Å². The summed E-state index contributed by atoms with van der Waals surface area (Å²) in [5.41, 5.74) is 3.78. The molecule has 0 aliphatic rings. The van der Waals surface area contributed by atoms with Crippen LogP contribution in [0.15, 0.2) is 48.7 Å². The molecule has 0 aliphatic heterocycles. The Morgan fingerprint density at radius 1 is 1.14 bits per heavy atom. The number of pyridine rings is 1. The molecule has 1 unspecified atom stereocenters. The van der Waals surface area contributed by atoms with Gasteiger partial charge in [0.1, 0.15) is 0 Å². The lowest BCUT2D eigenvalue weighted by atomic mass is 10.0. The number of hydrogen-bond donors (Lipinski definition) is 1. The molecular weight excluding hydrogens is 258 g/mol. The highest BCUT2D eigenvalue weighted by Crippen LogP contribution is 2.17. The summed E-state index contributed by atoms with van der Waals surface area (Å²) < 4.78 is 0. The average molecular weight is 283 g/mol. The number of aryl methyl sites for hydroxylation is 1. The molecule has 3 heteroatoms. The van der Waals surface area contributed by atoms with Gasteiger partial charge in [-0.1, -0.05) is 35.9 Å². The topological polar surface area (TPSA) is 28.2 Å². The van der Waals surface area contributed by atoms with Crippen LogP contribution in [0.4, 0.5) is 0 Å². The van der Waals surface area contributed by atoms with Crippen LogP contribution in [0, 0.1) is 6.92 Å². The molecule has 0 aliphatic carbocycles. The van der Waals surface area contributed by atoms with E-state index in [2.05, 4.69) is 59.5 Å². The van der Waals surface area contributed by atoms with Crippen molar-refractivity contribution in [3.05, 3.63) is 65.5 Å². The molecule has 1 heterocycles. The lowest BCUT2D eigenvalue weighted by Crippen LogP contribution is -2.25. The lowest BCUT2D eigenvalue weighted by molar-refractivity contribution is 0.300. The van der Waals surface area contributed by atoms with E-state index in [0.29, 0.717) is 6.04 Å². The van der Waals surface area contributed by atoms with Gasteiger partial charge in [0.05, 0.1) is 5.69 Å². The Morgan fingerprint density at radius 3 is 2.52 bits per heavy atom. The van der Waals surface area contributed by atoms with Crippen LogP contribution in [0.1, 0.15) is 29.3 Å². The molecule has 2 rings (SSSR count). The molecule has 0 radical (unpaired) electrons. The van der Waals surface area contributed by atoms with Crippen molar-refractivity contribution in [2.24, 2.45) is 0 Å². The molecule has 112 valence electrons. The van der Waals surface area contributed by atoms with E-state index < -0.39 is 0 Å². The van der Waals surface area contributed by atoms with E-state index in [4.69, 9.17) is 0 Å². The standard InChI is InChI=1S/C18H25N3/c1-15-7-9-16(10-8-15)18(19-2)11-13-21(3)14-17-6-4-5-12-20-17/h4-10,12,18-19H,11,13-14H2,1-3H3. The summed E-state index contributed by atoms with van der Waals surface area (Å²) in [5.74, 6) is 0. The fraction of sp³-hybridized carbons (Fsp3) is 0.389. The van der Waals surface area contributed by atoms with E-state index in [1.54, 1.807) is 0 Å². The molecule has 0 bridgehead atoms. The predicted molar refractivity (Wildman–Crippen MR) is 88.2 cm³/mol. The number of rotatable bonds is 7. The highest BCUT2D eigenvalue weighted by molar-refractivity contribution is 5.24. The first kappa shape index (κ1) is 15.7. The van der Waals surface area contributed by atoms with Crippen molar-refractivity contribution in [1.82, 2.24) is 15.2 Å². The summed E-state index contributed by atoms with van der Waals surface area (Å²) in [5, 5.41) is 3.41. The van der Waals surface area contributed by atoms with E-state index in [1.165, 1.54) is 11.1 Å². The monoisotopic (exact) mass is 283 g/mol. The fourth-order valence-corrected chi connectivity index (χ4v) is 2.47. The van der Waals surface area contributed by atoms with Crippen LogP contribution in [-0.2, 0) is 6.54 Å². The van der Waals surface area contributed by atoms with Crippen LogP contribution in [0.25, 0.3) is 0 Å². The lowest BCUT2D eigenvalue weighted by Gasteiger charge is -2.21. The third kappa shape index (κ3) is 4.96. The van der Waals surface area contributed by atoms with Crippen LogP contribution >= 0.6 is 0 Å². The SMILES string of the molecule is CNC(CCN(C)Cc1ccccn1)c1ccc(C)cc1. The van der Waals surface area contributed by atoms with Gasteiger partial charge in [0.2, 0.25) is 0 Å². The van der Waals surface area contributed by atoms with Gasteiger partial charge in [-0.05, 0) is 45.1 Å². The van der Waals surface area contributed by atoms with Gasteiger partial charge in [-0.25, -0.2) is 0 Å². The second-order valence-corrected chi connectivity index (χ2v) is 5.60. The zero-order valence-electron chi connectivity index (χ0n) is 13.2. The third-order valence-electron chi connectivity index (χ3n) is 3.79. The van der Waals surface area contributed by atoms with Crippen molar-refractivity contribution in [2.75, 3.05) is 20.6 Å². The predicted octanol–water partition coefficient (Wildman–Crippen LogP) is 3.17. The second-order valence-electron chi connectivity index (χ2n) is 5.60. The molecule has 0 spiro atoms. The Kier molecular flexibility index (Phi) is 5.90. The zero-order chi connectivity index (χ0) is 15.1. The maximum atomic E-state index is 4.38. The summed E-state index contributed by atoms with van der Waals surface area (Å²) in [6.45, 7) is 4.06. The number of nitrogens with one attached hydrogen (secondary N) is 1. The number of nitrogens with zero attached hydrogens (tertiary/aromatic N) is 2. The molecule has 1 aromatic carbocycles. The van der Waals surface area contributed by atoms with Gasteiger partial charge >= 0.3 is 0 Å². The van der Waals surface area contributed by atoms with E-state index in [0.717, 1.165) is 25.2 Å². The van der Waals surface area contributed by atoms with Crippen LogP contribution in [0.2, 0.25) is 0 Å². The van der Waals surface area contributed by atoms with E-state index >= 15 is 0 Å². The summed E-state index contributed by atoms with van der Waals surface area (Å²) in [6.07, 6.45) is 2.94. The third-order valence-corrected chi connectivity index (χ3v) is 3.79. The molecule has 1 atom stereocenters. The Bertz CT molecular complexity index is 522. The normalized spacial score (nSPS) is 12.6. The molecule has 0 amide bonds. The second kappa shape index (κ2) is 7.91.